The Kier molecular flexibility index (Phi) is 4.82. The zero-order chi connectivity index (χ0) is 12.0. The van der Waals surface area contributed by atoms with Crippen molar-refractivity contribution in [3.63, 3.8) is 0 Å². The van der Waals surface area contributed by atoms with Crippen LogP contribution in [0.2, 0.25) is 0 Å². The summed E-state index contributed by atoms with van der Waals surface area (Å²) in [7, 11) is 0. The van der Waals surface area contributed by atoms with Gasteiger partial charge >= 0.3 is 0 Å². The van der Waals surface area contributed by atoms with E-state index in [1.165, 1.54) is 12.1 Å². The summed E-state index contributed by atoms with van der Waals surface area (Å²) >= 11 is 0. The van der Waals surface area contributed by atoms with Crippen LogP contribution in [0.1, 0.15) is 18.1 Å². The Morgan fingerprint density at radius 1 is 1.31 bits per heavy atom. The normalized spacial score (nSPS) is 13.9. The van der Waals surface area contributed by atoms with Gasteiger partial charge in [0.1, 0.15) is 6.10 Å². The molecule has 0 heterocycles. The number of carbonyl (C=O) groups excluding carboxylic acids is 1. The van der Waals surface area contributed by atoms with E-state index < -0.39 is 12.2 Å². The van der Waals surface area contributed by atoms with Crippen molar-refractivity contribution < 1.29 is 20.1 Å². The van der Waals surface area contributed by atoms with Gasteiger partial charge in [-0.1, -0.05) is 18.2 Å². The van der Waals surface area contributed by atoms with Crippen LogP contribution in [-0.4, -0.2) is 34.1 Å². The SMILES string of the molecule is O=C=Nc1ccccc1C(O)C(O)CCO. The number of aliphatic hydroxyl groups is 3. The van der Waals surface area contributed by atoms with Crippen LogP contribution in [0.3, 0.4) is 0 Å². The van der Waals surface area contributed by atoms with Crippen LogP contribution >= 0.6 is 0 Å². The van der Waals surface area contributed by atoms with Crippen LogP contribution in [-0.2, 0) is 4.79 Å². The first-order valence-corrected chi connectivity index (χ1v) is 4.84. The van der Waals surface area contributed by atoms with Gasteiger partial charge in [0.25, 0.3) is 0 Å². The fourth-order valence-corrected chi connectivity index (χ4v) is 1.39. The fraction of sp³-hybridized carbons (Fsp3) is 0.364. The van der Waals surface area contributed by atoms with Crippen LogP contribution in [0.5, 0.6) is 0 Å². The predicted octanol–water partition coefficient (Wildman–Crippen LogP) is 0.431. The highest BCUT2D eigenvalue weighted by molar-refractivity contribution is 5.54. The lowest BCUT2D eigenvalue weighted by Gasteiger charge is -2.18. The lowest BCUT2D eigenvalue weighted by molar-refractivity contribution is 0.00453. The summed E-state index contributed by atoms with van der Waals surface area (Å²) in [5, 5.41) is 27.9. The molecule has 5 heteroatoms. The van der Waals surface area contributed by atoms with Crippen molar-refractivity contribution >= 4 is 11.8 Å². The van der Waals surface area contributed by atoms with E-state index in [1.54, 1.807) is 18.2 Å². The number of hydrogen-bond acceptors (Lipinski definition) is 5. The molecule has 2 unspecified atom stereocenters. The number of para-hydroxylation sites is 1. The summed E-state index contributed by atoms with van der Waals surface area (Å²) in [6.07, 6.45) is -0.831. The fourth-order valence-electron chi connectivity index (χ4n) is 1.39. The van der Waals surface area contributed by atoms with Crippen LogP contribution in [0, 0.1) is 0 Å². The van der Waals surface area contributed by atoms with Crippen molar-refractivity contribution in [1.29, 1.82) is 0 Å². The van der Waals surface area contributed by atoms with Crippen molar-refractivity contribution in [3.8, 4) is 0 Å². The Bertz CT molecular complexity index is 387. The van der Waals surface area contributed by atoms with Gasteiger partial charge in [-0.05, 0) is 12.5 Å². The van der Waals surface area contributed by atoms with Gasteiger partial charge < -0.3 is 15.3 Å². The molecule has 86 valence electrons. The summed E-state index contributed by atoms with van der Waals surface area (Å²) < 4.78 is 0. The van der Waals surface area contributed by atoms with Crippen molar-refractivity contribution in [2.75, 3.05) is 6.61 Å². The van der Waals surface area contributed by atoms with E-state index in [4.69, 9.17) is 5.11 Å². The molecule has 0 spiro atoms. The average Bonchev–Trinajstić information content (AvgIpc) is 2.29. The molecule has 1 aromatic carbocycles. The molecule has 16 heavy (non-hydrogen) atoms. The summed E-state index contributed by atoms with van der Waals surface area (Å²) in [5.74, 6) is 0. The topological polar surface area (TPSA) is 90.1 Å². The second-order valence-electron chi connectivity index (χ2n) is 3.29. The molecule has 1 aromatic rings. The molecular weight excluding hydrogens is 210 g/mol. The molecule has 0 amide bonds. The number of aliphatic imine (C=N–C) groups is 1. The van der Waals surface area contributed by atoms with Crippen LogP contribution in [0.25, 0.3) is 0 Å². The van der Waals surface area contributed by atoms with Gasteiger partial charge in [-0.2, -0.15) is 4.99 Å². The molecule has 0 aliphatic carbocycles. The zero-order valence-electron chi connectivity index (χ0n) is 8.58. The smallest absolute Gasteiger partial charge is 0.240 e. The third-order valence-electron chi connectivity index (χ3n) is 2.21. The Balaban J connectivity index is 2.97. The predicted molar refractivity (Wildman–Crippen MR) is 56.9 cm³/mol. The van der Waals surface area contributed by atoms with Gasteiger partial charge in [0, 0.05) is 12.2 Å². The average molecular weight is 223 g/mol. The first kappa shape index (κ1) is 12.5. The molecule has 0 aromatic heterocycles. The lowest BCUT2D eigenvalue weighted by Crippen LogP contribution is -2.19. The number of hydrogen-bond donors (Lipinski definition) is 3. The van der Waals surface area contributed by atoms with Crippen LogP contribution < -0.4 is 0 Å². The summed E-state index contributed by atoms with van der Waals surface area (Å²) in [6.45, 7) is -0.225. The van der Waals surface area contributed by atoms with Gasteiger partial charge in [0.15, 0.2) is 0 Å². The maximum atomic E-state index is 10.2. The van der Waals surface area contributed by atoms with Crippen molar-refractivity contribution in [2.45, 2.75) is 18.6 Å². The molecule has 0 aliphatic rings. The molecule has 0 aliphatic heterocycles. The summed E-state index contributed by atoms with van der Waals surface area (Å²) in [6, 6.07) is 6.41. The zero-order valence-corrected chi connectivity index (χ0v) is 8.58. The molecule has 0 radical (unpaired) electrons. The van der Waals surface area contributed by atoms with Crippen LogP contribution in [0.4, 0.5) is 5.69 Å². The van der Waals surface area contributed by atoms with E-state index in [1.807, 2.05) is 0 Å². The number of rotatable bonds is 5. The van der Waals surface area contributed by atoms with Gasteiger partial charge in [0.05, 0.1) is 11.8 Å². The Morgan fingerprint density at radius 3 is 2.62 bits per heavy atom. The van der Waals surface area contributed by atoms with Crippen molar-refractivity contribution in [3.05, 3.63) is 29.8 Å². The van der Waals surface area contributed by atoms with E-state index in [2.05, 4.69) is 4.99 Å². The largest absolute Gasteiger partial charge is 0.396 e. The van der Waals surface area contributed by atoms with E-state index in [-0.39, 0.29) is 18.7 Å². The van der Waals surface area contributed by atoms with E-state index in [9.17, 15) is 15.0 Å². The molecule has 0 saturated heterocycles. The summed E-state index contributed by atoms with van der Waals surface area (Å²) in [5.41, 5.74) is 0.605. The maximum Gasteiger partial charge on any atom is 0.240 e. The highest BCUT2D eigenvalue weighted by Crippen LogP contribution is 2.27. The number of nitrogens with zero attached hydrogens (tertiary/aromatic N) is 1. The van der Waals surface area contributed by atoms with Crippen LogP contribution in [0.15, 0.2) is 29.3 Å². The van der Waals surface area contributed by atoms with Gasteiger partial charge in [-0.15, -0.1) is 0 Å². The van der Waals surface area contributed by atoms with E-state index in [0.29, 0.717) is 5.56 Å². The lowest BCUT2D eigenvalue weighted by atomic mass is 10.0. The van der Waals surface area contributed by atoms with E-state index >= 15 is 0 Å². The number of aliphatic hydroxyl groups excluding tert-OH is 3. The minimum atomic E-state index is -1.18. The monoisotopic (exact) mass is 223 g/mol. The number of isocyanates is 1. The molecular formula is C11H13NO4. The van der Waals surface area contributed by atoms with Gasteiger partial charge in [0.2, 0.25) is 6.08 Å². The second kappa shape index (κ2) is 6.15. The molecule has 0 saturated carbocycles. The van der Waals surface area contributed by atoms with Gasteiger partial charge in [-0.3, -0.25) is 0 Å². The molecule has 2 atom stereocenters. The third-order valence-corrected chi connectivity index (χ3v) is 2.21. The standard InChI is InChI=1S/C11H13NO4/c13-6-5-10(15)11(16)8-3-1-2-4-9(8)12-7-14/h1-4,10-11,13,15-16H,5-6H2. The highest BCUT2D eigenvalue weighted by Gasteiger charge is 2.20. The molecule has 5 nitrogen and oxygen atoms in total. The van der Waals surface area contributed by atoms with Crippen molar-refractivity contribution in [1.82, 2.24) is 0 Å². The Hall–Kier alpha value is -1.52. The van der Waals surface area contributed by atoms with E-state index in [0.717, 1.165) is 0 Å². The summed E-state index contributed by atoms with van der Waals surface area (Å²) in [4.78, 5) is 13.6. The highest BCUT2D eigenvalue weighted by atomic mass is 16.3. The maximum absolute atomic E-state index is 10.2. The quantitative estimate of drug-likeness (QED) is 0.498. The first-order chi connectivity index (χ1) is 7.70. The second-order valence-corrected chi connectivity index (χ2v) is 3.29. The first-order valence-electron chi connectivity index (χ1n) is 4.84. The molecule has 1 rings (SSSR count). The molecule has 0 bridgehead atoms. The molecule has 3 N–H and O–H groups in total. The minimum Gasteiger partial charge on any atom is -0.396 e. The Labute approximate surface area is 92.7 Å². The third kappa shape index (κ3) is 2.98. The van der Waals surface area contributed by atoms with Gasteiger partial charge in [-0.25, -0.2) is 4.79 Å². The van der Waals surface area contributed by atoms with Crippen molar-refractivity contribution in [2.24, 2.45) is 4.99 Å². The Morgan fingerprint density at radius 2 is 2.00 bits per heavy atom. The number of benzene rings is 1. The molecule has 0 fully saturated rings. The minimum absolute atomic E-state index is 0.0559.